The Bertz CT molecular complexity index is 768. The van der Waals surface area contributed by atoms with Gasteiger partial charge in [0.05, 0.1) is 0 Å². The zero-order valence-electron chi connectivity index (χ0n) is 11.4. The fourth-order valence-electron chi connectivity index (χ4n) is 1.70. The van der Waals surface area contributed by atoms with Crippen LogP contribution in [0.15, 0.2) is 48.0 Å². The van der Waals surface area contributed by atoms with Crippen LogP contribution in [-0.2, 0) is 6.61 Å². The Labute approximate surface area is 126 Å². The van der Waals surface area contributed by atoms with Crippen molar-refractivity contribution in [2.24, 2.45) is 0 Å². The molecule has 0 atom stereocenters. The van der Waals surface area contributed by atoms with E-state index in [0.717, 1.165) is 23.3 Å². The molecule has 0 N–H and O–H groups in total. The summed E-state index contributed by atoms with van der Waals surface area (Å²) in [6, 6.07) is 13.9. The summed E-state index contributed by atoms with van der Waals surface area (Å²) in [7, 11) is 0. The summed E-state index contributed by atoms with van der Waals surface area (Å²) in [6.07, 6.45) is 1.47. The van der Waals surface area contributed by atoms with E-state index in [1.54, 1.807) is 36.4 Å². The van der Waals surface area contributed by atoms with Gasteiger partial charge in [0.25, 0.3) is 0 Å². The molecule has 0 bridgehead atoms. The minimum absolute atomic E-state index is 0.0192. The Morgan fingerprint density at radius 3 is 2.27 bits per heavy atom. The van der Waals surface area contributed by atoms with Gasteiger partial charge in [-0.2, -0.15) is 10.5 Å². The lowest BCUT2D eigenvalue weighted by molar-refractivity contribution is 0.303. The van der Waals surface area contributed by atoms with Crippen LogP contribution in [0, 0.1) is 34.3 Å². The van der Waals surface area contributed by atoms with Crippen LogP contribution in [-0.4, -0.2) is 0 Å². The third-order valence-electron chi connectivity index (χ3n) is 2.83. The monoisotopic (exact) mass is 296 g/mol. The van der Waals surface area contributed by atoms with Crippen LogP contribution in [0.25, 0.3) is 6.08 Å². The second kappa shape index (κ2) is 7.01. The van der Waals surface area contributed by atoms with Crippen LogP contribution in [0.3, 0.4) is 0 Å². The summed E-state index contributed by atoms with van der Waals surface area (Å²) in [5.41, 5.74) is 1.55. The molecule has 22 heavy (non-hydrogen) atoms. The van der Waals surface area contributed by atoms with Gasteiger partial charge in [-0.15, -0.1) is 0 Å². The number of nitrogens with zero attached hydrogens (tertiary/aromatic N) is 2. The Morgan fingerprint density at radius 2 is 1.68 bits per heavy atom. The van der Waals surface area contributed by atoms with Gasteiger partial charge in [0.2, 0.25) is 0 Å². The van der Waals surface area contributed by atoms with Crippen molar-refractivity contribution in [1.29, 1.82) is 10.5 Å². The van der Waals surface area contributed by atoms with Gasteiger partial charge in [-0.3, -0.25) is 0 Å². The molecule has 0 heterocycles. The first-order valence-corrected chi connectivity index (χ1v) is 6.31. The van der Waals surface area contributed by atoms with Gasteiger partial charge in [-0.25, -0.2) is 8.78 Å². The lowest BCUT2D eigenvalue weighted by Gasteiger charge is -2.07. The number of benzene rings is 2. The quantitative estimate of drug-likeness (QED) is 0.802. The summed E-state index contributed by atoms with van der Waals surface area (Å²) in [5.74, 6) is -1.65. The molecule has 2 aromatic carbocycles. The first-order valence-electron chi connectivity index (χ1n) is 6.31. The number of hydrogen-bond acceptors (Lipinski definition) is 3. The van der Waals surface area contributed by atoms with Crippen LogP contribution in [0.5, 0.6) is 5.75 Å². The molecule has 2 rings (SSSR count). The van der Waals surface area contributed by atoms with Crippen molar-refractivity contribution in [3.63, 3.8) is 0 Å². The van der Waals surface area contributed by atoms with E-state index in [9.17, 15) is 8.78 Å². The SMILES string of the molecule is N#CC(C#N)=Cc1ccc(COc2ccc(F)c(F)c2)cc1. The summed E-state index contributed by atoms with van der Waals surface area (Å²) < 4.78 is 31.2. The van der Waals surface area contributed by atoms with Gasteiger partial charge in [-0.1, -0.05) is 24.3 Å². The lowest BCUT2D eigenvalue weighted by Crippen LogP contribution is -1.96. The minimum atomic E-state index is -0.960. The highest BCUT2D eigenvalue weighted by Gasteiger charge is 2.03. The van der Waals surface area contributed by atoms with E-state index in [1.165, 1.54) is 12.1 Å². The summed E-state index contributed by atoms with van der Waals surface area (Å²) in [6.45, 7) is 0.193. The molecule has 2 aromatic rings. The van der Waals surface area contributed by atoms with Gasteiger partial charge >= 0.3 is 0 Å². The molecule has 0 amide bonds. The molecule has 0 saturated heterocycles. The average Bonchev–Trinajstić information content (AvgIpc) is 2.55. The highest BCUT2D eigenvalue weighted by atomic mass is 19.2. The molecule has 0 saturated carbocycles. The Balaban J connectivity index is 2.03. The Kier molecular flexibility index (Phi) is 4.85. The molecule has 0 aliphatic heterocycles. The third-order valence-corrected chi connectivity index (χ3v) is 2.83. The van der Waals surface area contributed by atoms with E-state index < -0.39 is 11.6 Å². The van der Waals surface area contributed by atoms with Crippen molar-refractivity contribution < 1.29 is 13.5 Å². The number of halogens is 2. The number of allylic oxidation sites excluding steroid dienone is 1. The molecule has 5 heteroatoms. The lowest BCUT2D eigenvalue weighted by atomic mass is 10.1. The van der Waals surface area contributed by atoms with Crippen molar-refractivity contribution >= 4 is 6.08 Å². The molecular formula is C17H10F2N2O. The Hall–Kier alpha value is -3.18. The van der Waals surface area contributed by atoms with Crippen LogP contribution in [0.1, 0.15) is 11.1 Å². The maximum Gasteiger partial charge on any atom is 0.162 e. The van der Waals surface area contributed by atoms with Crippen LogP contribution >= 0.6 is 0 Å². The minimum Gasteiger partial charge on any atom is -0.489 e. The summed E-state index contributed by atoms with van der Waals surface area (Å²) in [5, 5.41) is 17.4. The molecule has 0 unspecified atom stereocenters. The van der Waals surface area contributed by atoms with E-state index in [4.69, 9.17) is 15.3 Å². The van der Waals surface area contributed by atoms with Gasteiger partial charge in [0, 0.05) is 6.07 Å². The Morgan fingerprint density at radius 1 is 1.00 bits per heavy atom. The number of nitriles is 2. The molecule has 3 nitrogen and oxygen atoms in total. The summed E-state index contributed by atoms with van der Waals surface area (Å²) >= 11 is 0. The zero-order chi connectivity index (χ0) is 15.9. The van der Waals surface area contributed by atoms with Gasteiger partial charge in [0.1, 0.15) is 30.1 Å². The molecular weight excluding hydrogens is 286 g/mol. The maximum atomic E-state index is 13.0. The van der Waals surface area contributed by atoms with Crippen LogP contribution < -0.4 is 4.74 Å². The van der Waals surface area contributed by atoms with Crippen molar-refractivity contribution in [2.45, 2.75) is 6.61 Å². The first kappa shape index (κ1) is 15.2. The van der Waals surface area contributed by atoms with Crippen molar-refractivity contribution in [1.82, 2.24) is 0 Å². The zero-order valence-corrected chi connectivity index (χ0v) is 11.4. The summed E-state index contributed by atoms with van der Waals surface area (Å²) in [4.78, 5) is 0. The van der Waals surface area contributed by atoms with Crippen molar-refractivity contribution in [2.75, 3.05) is 0 Å². The third kappa shape index (κ3) is 3.91. The van der Waals surface area contributed by atoms with Crippen LogP contribution in [0.2, 0.25) is 0 Å². The van der Waals surface area contributed by atoms with Crippen LogP contribution in [0.4, 0.5) is 8.78 Å². The predicted molar refractivity (Wildman–Crippen MR) is 76.3 cm³/mol. The fourth-order valence-corrected chi connectivity index (χ4v) is 1.70. The largest absolute Gasteiger partial charge is 0.489 e. The van der Waals surface area contributed by atoms with E-state index in [-0.39, 0.29) is 17.9 Å². The van der Waals surface area contributed by atoms with Crippen molar-refractivity contribution in [3.05, 3.63) is 70.8 Å². The van der Waals surface area contributed by atoms with E-state index in [2.05, 4.69) is 0 Å². The van der Waals surface area contributed by atoms with E-state index in [0.29, 0.717) is 0 Å². The normalized spacial score (nSPS) is 9.45. The maximum absolute atomic E-state index is 13.0. The highest BCUT2D eigenvalue weighted by Crippen LogP contribution is 2.17. The van der Waals surface area contributed by atoms with Gasteiger partial charge < -0.3 is 4.74 Å². The smallest absolute Gasteiger partial charge is 0.162 e. The topological polar surface area (TPSA) is 56.8 Å². The second-order valence-corrected chi connectivity index (χ2v) is 4.39. The molecule has 108 valence electrons. The average molecular weight is 296 g/mol. The predicted octanol–water partition coefficient (Wildman–Crippen LogP) is 3.97. The van der Waals surface area contributed by atoms with Gasteiger partial charge in [-0.05, 0) is 29.3 Å². The standard InChI is InChI=1S/C17H10F2N2O/c18-16-6-5-15(8-17(16)19)22-11-13-3-1-12(2-4-13)7-14(9-20)10-21/h1-8H,11H2. The number of hydrogen-bond donors (Lipinski definition) is 0. The van der Waals surface area contributed by atoms with E-state index >= 15 is 0 Å². The molecule has 0 aliphatic carbocycles. The first-order chi connectivity index (χ1) is 10.6. The highest BCUT2D eigenvalue weighted by molar-refractivity contribution is 5.61. The van der Waals surface area contributed by atoms with Crippen molar-refractivity contribution in [3.8, 4) is 17.9 Å². The van der Waals surface area contributed by atoms with E-state index in [1.807, 2.05) is 0 Å². The number of rotatable bonds is 4. The second-order valence-electron chi connectivity index (χ2n) is 4.39. The fraction of sp³-hybridized carbons (Fsp3) is 0.0588. The number of ether oxygens (including phenoxy) is 1. The molecule has 0 aliphatic rings. The van der Waals surface area contributed by atoms with Gasteiger partial charge in [0.15, 0.2) is 11.6 Å². The molecule has 0 aromatic heterocycles. The molecule has 0 radical (unpaired) electrons. The molecule has 0 fully saturated rings. The molecule has 0 spiro atoms.